The lowest BCUT2D eigenvalue weighted by Gasteiger charge is -2.31. The molecule has 0 saturated carbocycles. The van der Waals surface area contributed by atoms with Gasteiger partial charge in [-0.3, -0.25) is 4.79 Å². The highest BCUT2D eigenvalue weighted by atomic mass is 19.4. The van der Waals surface area contributed by atoms with Gasteiger partial charge in [-0.1, -0.05) is 0 Å². The van der Waals surface area contributed by atoms with Crippen molar-refractivity contribution in [1.29, 1.82) is 0 Å². The number of hydrogen-bond acceptors (Lipinski definition) is 3. The number of piperidine rings is 1. The van der Waals surface area contributed by atoms with Gasteiger partial charge < -0.3 is 15.4 Å². The maximum Gasteiger partial charge on any atom is 0.403 e. The molecule has 0 aliphatic carbocycles. The monoisotopic (exact) mass is 254 g/mol. The second-order valence-electron chi connectivity index (χ2n) is 4.16. The molecule has 0 bridgehead atoms. The van der Waals surface area contributed by atoms with E-state index in [0.29, 0.717) is 6.42 Å². The summed E-state index contributed by atoms with van der Waals surface area (Å²) in [4.78, 5) is 11.4. The Morgan fingerprint density at radius 1 is 1.47 bits per heavy atom. The highest BCUT2D eigenvalue weighted by Crippen LogP contribution is 2.26. The molecule has 1 amide bonds. The first-order valence-electron chi connectivity index (χ1n) is 5.48. The second-order valence-corrected chi connectivity index (χ2v) is 4.16. The number of hydrogen-bond donors (Lipinski definition) is 2. The standard InChI is InChI=1S/C10H17F3N2O2/c1-6(17-2)9(16)15-7-3-4-8(14-5-7)10(11,12)13/h6-8,14H,3-5H2,1-2H3,(H,15,16). The van der Waals surface area contributed by atoms with Crippen molar-refractivity contribution in [1.82, 2.24) is 10.6 Å². The largest absolute Gasteiger partial charge is 0.403 e. The summed E-state index contributed by atoms with van der Waals surface area (Å²) in [5.74, 6) is -0.301. The first-order valence-corrected chi connectivity index (χ1v) is 5.48. The molecule has 0 aromatic carbocycles. The van der Waals surface area contributed by atoms with Gasteiger partial charge in [-0.15, -0.1) is 0 Å². The molecular weight excluding hydrogens is 237 g/mol. The van der Waals surface area contributed by atoms with Crippen LogP contribution in [-0.4, -0.2) is 43.9 Å². The number of nitrogens with one attached hydrogen (secondary N) is 2. The normalized spacial score (nSPS) is 27.6. The van der Waals surface area contributed by atoms with Crippen molar-refractivity contribution in [3.63, 3.8) is 0 Å². The molecule has 2 N–H and O–H groups in total. The molecule has 1 aliphatic rings. The lowest BCUT2D eigenvalue weighted by Crippen LogP contribution is -2.55. The van der Waals surface area contributed by atoms with Gasteiger partial charge in [0.2, 0.25) is 5.91 Å². The van der Waals surface area contributed by atoms with Gasteiger partial charge in [-0.05, 0) is 19.8 Å². The minimum Gasteiger partial charge on any atom is -0.372 e. The van der Waals surface area contributed by atoms with Gasteiger partial charge in [0.05, 0.1) is 0 Å². The smallest absolute Gasteiger partial charge is 0.372 e. The zero-order chi connectivity index (χ0) is 13.1. The molecule has 1 heterocycles. The van der Waals surface area contributed by atoms with Crippen molar-refractivity contribution in [2.75, 3.05) is 13.7 Å². The van der Waals surface area contributed by atoms with Crippen LogP contribution in [0, 0.1) is 0 Å². The number of alkyl halides is 3. The van der Waals surface area contributed by atoms with E-state index < -0.39 is 18.3 Å². The van der Waals surface area contributed by atoms with Gasteiger partial charge in [0.25, 0.3) is 0 Å². The van der Waals surface area contributed by atoms with Crippen LogP contribution in [0.5, 0.6) is 0 Å². The molecule has 3 unspecified atom stereocenters. The van der Waals surface area contributed by atoms with Gasteiger partial charge in [0.15, 0.2) is 0 Å². The fraction of sp³-hybridized carbons (Fsp3) is 0.900. The van der Waals surface area contributed by atoms with Crippen LogP contribution in [0.15, 0.2) is 0 Å². The second kappa shape index (κ2) is 5.68. The van der Waals surface area contributed by atoms with Crippen molar-refractivity contribution in [3.8, 4) is 0 Å². The molecule has 3 atom stereocenters. The first kappa shape index (κ1) is 14.2. The van der Waals surface area contributed by atoms with Crippen LogP contribution in [0.4, 0.5) is 13.2 Å². The van der Waals surface area contributed by atoms with Crippen LogP contribution in [-0.2, 0) is 9.53 Å². The van der Waals surface area contributed by atoms with Gasteiger partial charge in [0, 0.05) is 19.7 Å². The zero-order valence-electron chi connectivity index (χ0n) is 9.80. The van der Waals surface area contributed by atoms with Gasteiger partial charge in [0.1, 0.15) is 12.1 Å². The van der Waals surface area contributed by atoms with Crippen LogP contribution >= 0.6 is 0 Å². The van der Waals surface area contributed by atoms with E-state index in [1.54, 1.807) is 6.92 Å². The van der Waals surface area contributed by atoms with Crippen LogP contribution in [0.3, 0.4) is 0 Å². The molecule has 0 radical (unpaired) electrons. The Labute approximate surface area is 97.9 Å². The van der Waals surface area contributed by atoms with E-state index >= 15 is 0 Å². The fourth-order valence-electron chi connectivity index (χ4n) is 1.68. The van der Waals surface area contributed by atoms with Crippen LogP contribution in [0.2, 0.25) is 0 Å². The molecule has 17 heavy (non-hydrogen) atoms. The summed E-state index contributed by atoms with van der Waals surface area (Å²) in [6, 6.07) is -1.73. The van der Waals surface area contributed by atoms with Crippen molar-refractivity contribution >= 4 is 5.91 Å². The predicted molar refractivity (Wildman–Crippen MR) is 55.5 cm³/mol. The third-order valence-corrected chi connectivity index (χ3v) is 2.88. The Hall–Kier alpha value is -0.820. The number of ether oxygens (including phenoxy) is 1. The molecule has 1 saturated heterocycles. The number of carbonyl (C=O) groups is 1. The van der Waals surface area contributed by atoms with E-state index in [9.17, 15) is 18.0 Å². The van der Waals surface area contributed by atoms with E-state index in [2.05, 4.69) is 10.6 Å². The fourth-order valence-corrected chi connectivity index (χ4v) is 1.68. The minimum atomic E-state index is -4.21. The average molecular weight is 254 g/mol. The SMILES string of the molecule is COC(C)C(=O)NC1CCC(C(F)(F)F)NC1. The molecule has 0 aromatic heterocycles. The maximum atomic E-state index is 12.3. The summed E-state index contributed by atoms with van der Waals surface area (Å²) in [7, 11) is 1.41. The highest BCUT2D eigenvalue weighted by molar-refractivity contribution is 5.80. The predicted octanol–water partition coefficient (Wildman–Crippen LogP) is 0.820. The number of rotatable bonds is 3. The quantitative estimate of drug-likeness (QED) is 0.784. The van der Waals surface area contributed by atoms with Crippen molar-refractivity contribution in [3.05, 3.63) is 0 Å². The van der Waals surface area contributed by atoms with E-state index in [4.69, 9.17) is 4.74 Å². The van der Waals surface area contributed by atoms with E-state index in [-0.39, 0.29) is 24.9 Å². The maximum absolute atomic E-state index is 12.3. The summed E-state index contributed by atoms with van der Waals surface area (Å²) >= 11 is 0. The molecule has 1 fully saturated rings. The van der Waals surface area contributed by atoms with Crippen molar-refractivity contribution < 1.29 is 22.7 Å². The molecule has 0 aromatic rings. The third kappa shape index (κ3) is 4.16. The first-order chi connectivity index (χ1) is 7.84. The van der Waals surface area contributed by atoms with Gasteiger partial charge in [-0.25, -0.2) is 0 Å². The van der Waals surface area contributed by atoms with Gasteiger partial charge in [-0.2, -0.15) is 13.2 Å². The Balaban J connectivity index is 2.35. The number of methoxy groups -OCH3 is 1. The third-order valence-electron chi connectivity index (χ3n) is 2.88. The van der Waals surface area contributed by atoms with E-state index in [0.717, 1.165) is 0 Å². The molecular formula is C10H17F3N2O2. The minimum absolute atomic E-state index is 0.0180. The molecule has 1 rings (SSSR count). The lowest BCUT2D eigenvalue weighted by molar-refractivity contribution is -0.161. The van der Waals surface area contributed by atoms with Crippen molar-refractivity contribution in [2.45, 2.75) is 44.1 Å². The lowest BCUT2D eigenvalue weighted by atomic mass is 10.0. The van der Waals surface area contributed by atoms with E-state index in [1.165, 1.54) is 7.11 Å². The van der Waals surface area contributed by atoms with Crippen LogP contribution < -0.4 is 10.6 Å². The summed E-state index contributed by atoms with van der Waals surface area (Å²) < 4.78 is 41.8. The summed E-state index contributed by atoms with van der Waals surface area (Å²) in [5.41, 5.74) is 0. The highest BCUT2D eigenvalue weighted by Gasteiger charge is 2.41. The topological polar surface area (TPSA) is 50.4 Å². The Kier molecular flexibility index (Phi) is 4.76. The Morgan fingerprint density at radius 2 is 2.12 bits per heavy atom. The molecule has 7 heteroatoms. The van der Waals surface area contributed by atoms with E-state index in [1.807, 2.05) is 0 Å². The molecule has 100 valence electrons. The number of carbonyl (C=O) groups excluding carboxylic acids is 1. The Morgan fingerprint density at radius 3 is 2.53 bits per heavy atom. The zero-order valence-corrected chi connectivity index (χ0v) is 9.80. The Bertz CT molecular complexity index is 263. The van der Waals surface area contributed by atoms with Crippen molar-refractivity contribution in [2.24, 2.45) is 0 Å². The summed E-state index contributed by atoms with van der Waals surface area (Å²) in [6.07, 6.45) is -4.50. The molecule has 0 spiro atoms. The summed E-state index contributed by atoms with van der Waals surface area (Å²) in [5, 5.41) is 5.04. The number of halogens is 3. The van der Waals surface area contributed by atoms with Crippen LogP contribution in [0.25, 0.3) is 0 Å². The average Bonchev–Trinajstić information content (AvgIpc) is 2.27. The van der Waals surface area contributed by atoms with Gasteiger partial charge >= 0.3 is 6.18 Å². The summed E-state index contributed by atoms with van der Waals surface area (Å²) in [6.45, 7) is 1.72. The molecule has 4 nitrogen and oxygen atoms in total. The number of amides is 1. The van der Waals surface area contributed by atoms with Crippen LogP contribution in [0.1, 0.15) is 19.8 Å². The molecule has 1 aliphatic heterocycles.